The number of unbranched alkanes of at least 4 members (excludes halogenated alkanes) is 2. The van der Waals surface area contributed by atoms with Crippen LogP contribution in [0.1, 0.15) is 72.1 Å². The second-order valence-electron chi connectivity index (χ2n) is 6.61. The number of esters is 1. The molecule has 1 N–H and O–H groups in total. The maximum absolute atomic E-state index is 11.7. The summed E-state index contributed by atoms with van der Waals surface area (Å²) in [5, 5.41) is 3.34. The first-order valence-electron chi connectivity index (χ1n) is 9.68. The van der Waals surface area contributed by atoms with E-state index in [1.165, 1.54) is 38.6 Å². The topological polar surface area (TPSA) is 41.6 Å². The molecule has 0 amide bonds. The third kappa shape index (κ3) is 14.7. The van der Waals surface area contributed by atoms with E-state index in [2.05, 4.69) is 38.0 Å². The molecule has 0 aromatic heterocycles. The lowest BCUT2D eigenvalue weighted by atomic mass is 10.0. The van der Waals surface area contributed by atoms with E-state index >= 15 is 0 Å². The van der Waals surface area contributed by atoms with Crippen LogP contribution in [0.25, 0.3) is 0 Å². The molecule has 0 aromatic rings. The first-order valence-corrected chi connectivity index (χ1v) is 9.68. The predicted molar refractivity (Wildman–Crippen MR) is 98.8 cm³/mol. The maximum atomic E-state index is 11.7. The van der Waals surface area contributed by atoms with E-state index in [1.807, 2.05) is 0 Å². The molecule has 0 bridgehead atoms. The Morgan fingerprint density at radius 2 is 1.74 bits per heavy atom. The Morgan fingerprint density at radius 3 is 2.39 bits per heavy atom. The lowest BCUT2D eigenvalue weighted by molar-refractivity contribution is -0.145. The van der Waals surface area contributed by atoms with Crippen molar-refractivity contribution in [1.82, 2.24) is 10.2 Å². The largest absolute Gasteiger partial charge is 0.465 e. The van der Waals surface area contributed by atoms with Crippen molar-refractivity contribution >= 4 is 5.97 Å². The van der Waals surface area contributed by atoms with Crippen molar-refractivity contribution in [3.63, 3.8) is 0 Å². The van der Waals surface area contributed by atoms with E-state index in [-0.39, 0.29) is 5.97 Å². The second-order valence-corrected chi connectivity index (χ2v) is 6.61. The van der Waals surface area contributed by atoms with Crippen LogP contribution in [0.15, 0.2) is 0 Å². The van der Waals surface area contributed by atoms with Gasteiger partial charge in [-0.25, -0.2) is 0 Å². The van der Waals surface area contributed by atoms with Crippen molar-refractivity contribution in [1.29, 1.82) is 0 Å². The number of hydrogen-bond donors (Lipinski definition) is 1. The van der Waals surface area contributed by atoms with Crippen molar-refractivity contribution in [2.24, 2.45) is 5.92 Å². The number of ether oxygens (including phenoxy) is 1. The molecule has 0 radical (unpaired) electrons. The Bertz CT molecular complexity index is 272. The van der Waals surface area contributed by atoms with Gasteiger partial charge in [0, 0.05) is 6.54 Å². The summed E-state index contributed by atoms with van der Waals surface area (Å²) in [4.78, 5) is 14.1. The lowest BCUT2D eigenvalue weighted by Crippen LogP contribution is -2.26. The van der Waals surface area contributed by atoms with Gasteiger partial charge < -0.3 is 15.0 Å². The van der Waals surface area contributed by atoms with E-state index in [0.29, 0.717) is 18.9 Å². The Balaban J connectivity index is 3.49. The molecule has 0 fully saturated rings. The van der Waals surface area contributed by atoms with Crippen LogP contribution in [0, 0.1) is 5.92 Å². The summed E-state index contributed by atoms with van der Waals surface area (Å²) in [6.07, 6.45) is 8.84. The molecular weight excluding hydrogens is 288 g/mol. The van der Waals surface area contributed by atoms with Crippen LogP contribution in [0.3, 0.4) is 0 Å². The summed E-state index contributed by atoms with van der Waals surface area (Å²) in [5.74, 6) is 0.470. The minimum atomic E-state index is -0.0625. The smallest absolute Gasteiger partial charge is 0.307 e. The molecule has 4 heteroatoms. The van der Waals surface area contributed by atoms with Gasteiger partial charge in [0.2, 0.25) is 0 Å². The SMILES string of the molecule is CCCCC(CC)COC(=O)CCNCCCN(C)CCCC. The van der Waals surface area contributed by atoms with Crippen molar-refractivity contribution in [3.05, 3.63) is 0 Å². The number of nitrogens with one attached hydrogen (secondary N) is 1. The molecule has 0 saturated heterocycles. The van der Waals surface area contributed by atoms with Gasteiger partial charge in [0.25, 0.3) is 0 Å². The Hall–Kier alpha value is -0.610. The zero-order valence-corrected chi connectivity index (χ0v) is 16.0. The van der Waals surface area contributed by atoms with Gasteiger partial charge in [-0.05, 0) is 51.9 Å². The summed E-state index contributed by atoms with van der Waals surface area (Å²) in [7, 11) is 2.18. The molecule has 4 nitrogen and oxygen atoms in total. The highest BCUT2D eigenvalue weighted by atomic mass is 16.5. The van der Waals surface area contributed by atoms with Crippen LogP contribution in [0.2, 0.25) is 0 Å². The molecule has 1 unspecified atom stereocenters. The van der Waals surface area contributed by atoms with Crippen molar-refractivity contribution in [2.45, 2.75) is 72.1 Å². The standard InChI is InChI=1S/C19H40N2O2/c1-5-8-11-18(7-3)17-23-19(22)12-14-20-13-10-16-21(4)15-9-6-2/h18,20H,5-17H2,1-4H3. The monoisotopic (exact) mass is 328 g/mol. The third-order valence-electron chi connectivity index (χ3n) is 4.32. The minimum absolute atomic E-state index is 0.0625. The summed E-state index contributed by atoms with van der Waals surface area (Å²) in [6.45, 7) is 11.2. The number of carbonyl (C=O) groups excluding carboxylic acids is 1. The molecule has 0 heterocycles. The molecule has 23 heavy (non-hydrogen) atoms. The van der Waals surface area contributed by atoms with Crippen molar-refractivity contribution in [3.8, 4) is 0 Å². The molecule has 0 rings (SSSR count). The predicted octanol–water partition coefficient (Wildman–Crippen LogP) is 3.85. The lowest BCUT2D eigenvalue weighted by Gasteiger charge is -2.16. The van der Waals surface area contributed by atoms with Gasteiger partial charge in [-0.15, -0.1) is 0 Å². The van der Waals surface area contributed by atoms with Crippen LogP contribution in [-0.2, 0) is 9.53 Å². The third-order valence-corrected chi connectivity index (χ3v) is 4.32. The summed E-state index contributed by atoms with van der Waals surface area (Å²) in [5.41, 5.74) is 0. The van der Waals surface area contributed by atoms with Crippen molar-refractivity contribution < 1.29 is 9.53 Å². The van der Waals surface area contributed by atoms with Crippen LogP contribution in [0.5, 0.6) is 0 Å². The Kier molecular flexibility index (Phi) is 15.8. The number of hydrogen-bond acceptors (Lipinski definition) is 4. The molecule has 0 aliphatic rings. The summed E-state index contributed by atoms with van der Waals surface area (Å²) in [6, 6.07) is 0. The minimum Gasteiger partial charge on any atom is -0.465 e. The number of carbonyl (C=O) groups is 1. The van der Waals surface area contributed by atoms with Gasteiger partial charge in [-0.2, -0.15) is 0 Å². The van der Waals surface area contributed by atoms with E-state index < -0.39 is 0 Å². The van der Waals surface area contributed by atoms with E-state index in [1.54, 1.807) is 0 Å². The van der Waals surface area contributed by atoms with Gasteiger partial charge in [-0.3, -0.25) is 4.79 Å². The quantitative estimate of drug-likeness (QED) is 0.345. The Morgan fingerprint density at radius 1 is 1.04 bits per heavy atom. The highest BCUT2D eigenvalue weighted by molar-refractivity contribution is 5.69. The average Bonchev–Trinajstić information content (AvgIpc) is 2.56. The fourth-order valence-corrected chi connectivity index (χ4v) is 2.51. The molecule has 138 valence electrons. The molecule has 0 spiro atoms. The summed E-state index contributed by atoms with van der Waals surface area (Å²) >= 11 is 0. The average molecular weight is 329 g/mol. The van der Waals surface area contributed by atoms with Crippen molar-refractivity contribution in [2.75, 3.05) is 39.8 Å². The van der Waals surface area contributed by atoms with E-state index in [4.69, 9.17) is 4.74 Å². The molecule has 1 atom stereocenters. The van der Waals surface area contributed by atoms with E-state index in [0.717, 1.165) is 32.5 Å². The number of nitrogens with zero attached hydrogens (tertiary/aromatic N) is 1. The molecule has 0 aliphatic heterocycles. The molecule has 0 aromatic carbocycles. The number of rotatable bonds is 16. The molecular formula is C19H40N2O2. The first-order chi connectivity index (χ1) is 11.1. The second kappa shape index (κ2) is 16.3. The Labute approximate surface area is 144 Å². The molecule has 0 saturated carbocycles. The van der Waals surface area contributed by atoms with Gasteiger partial charge in [0.05, 0.1) is 13.0 Å². The zero-order chi connectivity index (χ0) is 17.3. The van der Waals surface area contributed by atoms with Crippen LogP contribution >= 0.6 is 0 Å². The van der Waals surface area contributed by atoms with Crippen LogP contribution < -0.4 is 5.32 Å². The van der Waals surface area contributed by atoms with Crippen LogP contribution in [-0.4, -0.2) is 50.7 Å². The highest BCUT2D eigenvalue weighted by Crippen LogP contribution is 2.13. The first kappa shape index (κ1) is 22.4. The summed E-state index contributed by atoms with van der Waals surface area (Å²) < 4.78 is 5.39. The van der Waals surface area contributed by atoms with Gasteiger partial charge in [0.1, 0.15) is 0 Å². The van der Waals surface area contributed by atoms with Gasteiger partial charge in [0.15, 0.2) is 0 Å². The zero-order valence-electron chi connectivity index (χ0n) is 16.0. The maximum Gasteiger partial charge on any atom is 0.307 e. The van der Waals surface area contributed by atoms with E-state index in [9.17, 15) is 4.79 Å². The molecule has 0 aliphatic carbocycles. The fourth-order valence-electron chi connectivity index (χ4n) is 2.51. The van der Waals surface area contributed by atoms with Crippen LogP contribution in [0.4, 0.5) is 0 Å². The highest BCUT2D eigenvalue weighted by Gasteiger charge is 2.09. The normalized spacial score (nSPS) is 12.6. The fraction of sp³-hybridized carbons (Fsp3) is 0.947. The van der Waals surface area contributed by atoms with Gasteiger partial charge >= 0.3 is 5.97 Å². The van der Waals surface area contributed by atoms with Gasteiger partial charge in [-0.1, -0.05) is 46.5 Å².